The van der Waals surface area contributed by atoms with Crippen LogP contribution in [0, 0.1) is 0 Å². The topological polar surface area (TPSA) is 88.1 Å². The van der Waals surface area contributed by atoms with Gasteiger partial charge in [-0.25, -0.2) is 9.18 Å². The molecule has 1 aromatic carbocycles. The van der Waals surface area contributed by atoms with E-state index in [1.165, 1.54) is 0 Å². The van der Waals surface area contributed by atoms with Crippen LogP contribution in [0.25, 0.3) is 10.9 Å². The summed E-state index contributed by atoms with van der Waals surface area (Å²) < 4.78 is 13.8. The quantitative estimate of drug-likeness (QED) is 0.702. The molecule has 2 aromatic rings. The Kier molecular flexibility index (Phi) is 6.11. The molecule has 0 spiro atoms. The van der Waals surface area contributed by atoms with Crippen molar-refractivity contribution in [2.45, 2.75) is 19.4 Å². The zero-order valence-electron chi connectivity index (χ0n) is 13.8. The van der Waals surface area contributed by atoms with Crippen LogP contribution in [0.1, 0.15) is 12.6 Å². The van der Waals surface area contributed by atoms with Gasteiger partial charge in [0.15, 0.2) is 0 Å². The van der Waals surface area contributed by atoms with Crippen molar-refractivity contribution in [2.75, 3.05) is 19.8 Å². The number of alkyl halides is 1. The van der Waals surface area contributed by atoms with Crippen LogP contribution in [0.15, 0.2) is 24.3 Å². The minimum absolute atomic E-state index is 0.0563. The first kappa shape index (κ1) is 17.7. The van der Waals surface area contributed by atoms with Crippen LogP contribution < -0.4 is 16.0 Å². The molecular formula is C16H22FN5O2. The van der Waals surface area contributed by atoms with Crippen molar-refractivity contribution in [3.63, 3.8) is 0 Å². The van der Waals surface area contributed by atoms with Crippen molar-refractivity contribution >= 4 is 22.8 Å². The summed E-state index contributed by atoms with van der Waals surface area (Å²) in [6.45, 7) is 1.24. The summed E-state index contributed by atoms with van der Waals surface area (Å²) in [7, 11) is 1.88. The van der Waals surface area contributed by atoms with Gasteiger partial charge in [-0.05, 0) is 13.0 Å². The second kappa shape index (κ2) is 8.28. The molecule has 0 bridgehead atoms. The van der Waals surface area contributed by atoms with Crippen LogP contribution in [-0.2, 0) is 18.3 Å². The maximum atomic E-state index is 12.0. The highest BCUT2D eigenvalue weighted by molar-refractivity contribution is 5.86. The number of para-hydroxylation sites is 1. The van der Waals surface area contributed by atoms with E-state index in [2.05, 4.69) is 21.0 Å². The minimum atomic E-state index is -0.729. The summed E-state index contributed by atoms with van der Waals surface area (Å²) in [5.41, 5.74) is 1.94. The third-order valence-electron chi connectivity index (χ3n) is 3.62. The Bertz CT molecular complexity index is 716. The standard InChI is InChI=1S/C16H22FN5O2/c1-11(15(23)18-10-8-17)20-16(24)19-9-7-13-12-5-3-4-6-14(12)22(2)21-13/h3-6,11H,7-10H2,1-2H3,(H,18,23)(H2,19,20,24). The van der Waals surface area contributed by atoms with Gasteiger partial charge >= 0.3 is 6.03 Å². The molecule has 1 heterocycles. The molecule has 2 rings (SSSR count). The number of nitrogens with zero attached hydrogens (tertiary/aromatic N) is 2. The van der Waals surface area contributed by atoms with Crippen molar-refractivity contribution in [1.82, 2.24) is 25.7 Å². The molecule has 1 unspecified atom stereocenters. The smallest absolute Gasteiger partial charge is 0.315 e. The van der Waals surface area contributed by atoms with Gasteiger partial charge < -0.3 is 16.0 Å². The zero-order chi connectivity index (χ0) is 17.5. The van der Waals surface area contributed by atoms with Crippen LogP contribution in [-0.4, -0.2) is 47.5 Å². The number of hydrogen-bond acceptors (Lipinski definition) is 3. The molecule has 24 heavy (non-hydrogen) atoms. The Morgan fingerprint density at radius 3 is 2.75 bits per heavy atom. The average Bonchev–Trinajstić information content (AvgIpc) is 2.89. The normalized spacial score (nSPS) is 12.0. The number of amides is 3. The Morgan fingerprint density at radius 1 is 1.25 bits per heavy atom. The van der Waals surface area contributed by atoms with Gasteiger partial charge in [0, 0.05) is 31.9 Å². The monoisotopic (exact) mass is 335 g/mol. The predicted octanol–water partition coefficient (Wildman–Crippen LogP) is 0.889. The molecule has 0 fully saturated rings. The average molecular weight is 335 g/mol. The maximum Gasteiger partial charge on any atom is 0.315 e. The Hall–Kier alpha value is -2.64. The number of hydrogen-bond donors (Lipinski definition) is 3. The fourth-order valence-electron chi connectivity index (χ4n) is 2.40. The van der Waals surface area contributed by atoms with Gasteiger partial charge in [-0.2, -0.15) is 5.10 Å². The van der Waals surface area contributed by atoms with E-state index in [0.29, 0.717) is 13.0 Å². The van der Waals surface area contributed by atoms with E-state index in [1.807, 2.05) is 36.0 Å². The lowest BCUT2D eigenvalue weighted by atomic mass is 10.2. The van der Waals surface area contributed by atoms with Crippen molar-refractivity contribution in [1.29, 1.82) is 0 Å². The van der Waals surface area contributed by atoms with Crippen LogP contribution in [0.2, 0.25) is 0 Å². The number of benzene rings is 1. The number of carbonyl (C=O) groups is 2. The molecule has 8 heteroatoms. The highest BCUT2D eigenvalue weighted by Crippen LogP contribution is 2.17. The van der Waals surface area contributed by atoms with Crippen molar-refractivity contribution in [2.24, 2.45) is 7.05 Å². The molecule has 0 aliphatic rings. The second-order valence-corrected chi connectivity index (χ2v) is 5.44. The first-order valence-electron chi connectivity index (χ1n) is 7.81. The predicted molar refractivity (Wildman–Crippen MR) is 89.4 cm³/mol. The molecule has 0 aliphatic carbocycles. The van der Waals surface area contributed by atoms with Gasteiger partial charge in [-0.3, -0.25) is 9.48 Å². The number of nitrogens with one attached hydrogen (secondary N) is 3. The Labute approximate surface area is 139 Å². The number of halogens is 1. The van der Waals surface area contributed by atoms with Crippen LogP contribution in [0.3, 0.4) is 0 Å². The number of carbonyl (C=O) groups excluding carboxylic acids is 2. The lowest BCUT2D eigenvalue weighted by Gasteiger charge is -2.14. The Morgan fingerprint density at radius 2 is 2.00 bits per heavy atom. The van der Waals surface area contributed by atoms with E-state index in [4.69, 9.17) is 0 Å². The van der Waals surface area contributed by atoms with E-state index in [1.54, 1.807) is 6.92 Å². The van der Waals surface area contributed by atoms with Crippen molar-refractivity contribution in [3.05, 3.63) is 30.0 Å². The summed E-state index contributed by atoms with van der Waals surface area (Å²) in [6.07, 6.45) is 0.581. The summed E-state index contributed by atoms with van der Waals surface area (Å²) in [5, 5.41) is 13.1. The van der Waals surface area contributed by atoms with Crippen LogP contribution in [0.4, 0.5) is 9.18 Å². The minimum Gasteiger partial charge on any atom is -0.352 e. The molecule has 0 aliphatic heterocycles. The molecule has 1 atom stereocenters. The molecule has 3 amide bonds. The first-order valence-corrected chi connectivity index (χ1v) is 7.81. The van der Waals surface area contributed by atoms with E-state index in [9.17, 15) is 14.0 Å². The second-order valence-electron chi connectivity index (χ2n) is 5.44. The lowest BCUT2D eigenvalue weighted by Crippen LogP contribution is -2.49. The van der Waals surface area contributed by atoms with E-state index in [0.717, 1.165) is 16.6 Å². The lowest BCUT2D eigenvalue weighted by molar-refractivity contribution is -0.122. The maximum absolute atomic E-state index is 12.0. The molecule has 130 valence electrons. The van der Waals surface area contributed by atoms with E-state index in [-0.39, 0.29) is 6.54 Å². The molecule has 0 saturated carbocycles. The molecule has 3 N–H and O–H groups in total. The largest absolute Gasteiger partial charge is 0.352 e. The third kappa shape index (κ3) is 4.43. The van der Waals surface area contributed by atoms with E-state index >= 15 is 0 Å². The summed E-state index contributed by atoms with van der Waals surface area (Å²) in [5.74, 6) is -0.418. The number of rotatable bonds is 7. The first-order chi connectivity index (χ1) is 11.5. The molecule has 0 radical (unpaired) electrons. The fourth-order valence-corrected chi connectivity index (χ4v) is 2.40. The molecule has 7 nitrogen and oxygen atoms in total. The third-order valence-corrected chi connectivity index (χ3v) is 3.62. The summed E-state index contributed by atoms with van der Waals surface area (Å²) >= 11 is 0. The van der Waals surface area contributed by atoms with Gasteiger partial charge in [0.05, 0.1) is 11.2 Å². The molecule has 1 aromatic heterocycles. The van der Waals surface area contributed by atoms with Gasteiger partial charge in [0.25, 0.3) is 0 Å². The SMILES string of the molecule is CC(NC(=O)NCCc1nn(C)c2ccccc12)C(=O)NCCF. The van der Waals surface area contributed by atoms with Gasteiger partial charge in [-0.15, -0.1) is 0 Å². The van der Waals surface area contributed by atoms with Crippen LogP contribution >= 0.6 is 0 Å². The number of aromatic nitrogens is 2. The van der Waals surface area contributed by atoms with Gasteiger partial charge in [0.1, 0.15) is 12.7 Å². The van der Waals surface area contributed by atoms with Gasteiger partial charge in [-0.1, -0.05) is 18.2 Å². The summed E-state index contributed by atoms with van der Waals surface area (Å²) in [4.78, 5) is 23.3. The van der Waals surface area contributed by atoms with E-state index < -0.39 is 24.7 Å². The Balaban J connectivity index is 1.81. The highest BCUT2D eigenvalue weighted by atomic mass is 19.1. The van der Waals surface area contributed by atoms with Crippen LogP contribution in [0.5, 0.6) is 0 Å². The van der Waals surface area contributed by atoms with Gasteiger partial charge in [0.2, 0.25) is 5.91 Å². The van der Waals surface area contributed by atoms with Crippen molar-refractivity contribution in [3.8, 4) is 0 Å². The summed E-state index contributed by atoms with van der Waals surface area (Å²) in [6, 6.07) is 6.71. The molecular weight excluding hydrogens is 313 g/mol. The van der Waals surface area contributed by atoms with Crippen molar-refractivity contribution < 1.29 is 14.0 Å². The number of fused-ring (bicyclic) bond motifs is 1. The highest BCUT2D eigenvalue weighted by Gasteiger charge is 2.15. The number of aryl methyl sites for hydroxylation is 1. The molecule has 0 saturated heterocycles. The fraction of sp³-hybridized carbons (Fsp3) is 0.438. The number of urea groups is 1. The zero-order valence-corrected chi connectivity index (χ0v) is 13.8.